The van der Waals surface area contributed by atoms with Gasteiger partial charge in [0.25, 0.3) is 11.7 Å². The van der Waals surface area contributed by atoms with Gasteiger partial charge in [-0.25, -0.2) is 9.97 Å². The maximum absolute atomic E-state index is 13.2. The van der Waals surface area contributed by atoms with E-state index in [2.05, 4.69) is 26.9 Å². The first-order valence-corrected chi connectivity index (χ1v) is 11.6. The molecule has 0 aromatic carbocycles. The number of fused-ring (bicyclic) bond motifs is 2. The van der Waals surface area contributed by atoms with Crippen molar-refractivity contribution < 1.29 is 4.79 Å². The van der Waals surface area contributed by atoms with Crippen LogP contribution in [0.3, 0.4) is 0 Å². The van der Waals surface area contributed by atoms with E-state index in [-0.39, 0.29) is 5.91 Å². The number of amides is 1. The monoisotopic (exact) mass is 423 g/mol. The van der Waals surface area contributed by atoms with Gasteiger partial charge in [-0.1, -0.05) is 6.92 Å². The van der Waals surface area contributed by atoms with Crippen LogP contribution in [0.5, 0.6) is 0 Å². The largest absolute Gasteiger partial charge is 0.353 e. The quantitative estimate of drug-likeness (QED) is 0.597. The van der Waals surface area contributed by atoms with Crippen molar-refractivity contribution in [3.05, 3.63) is 41.5 Å². The van der Waals surface area contributed by atoms with Gasteiger partial charge >= 0.3 is 0 Å². The van der Waals surface area contributed by atoms with Crippen molar-refractivity contribution >= 4 is 29.3 Å². The molecule has 0 radical (unpaired) electrons. The van der Waals surface area contributed by atoms with Gasteiger partial charge in [0.15, 0.2) is 0 Å². The molecule has 5 rings (SSSR count). The lowest BCUT2D eigenvalue weighted by molar-refractivity contribution is 0.0742. The molecule has 156 valence electrons. The number of carbonyl (C=O) groups is 1. The van der Waals surface area contributed by atoms with Crippen molar-refractivity contribution in [2.75, 3.05) is 36.8 Å². The molecular weight excluding hydrogens is 398 g/mol. The molecule has 9 heteroatoms. The van der Waals surface area contributed by atoms with Crippen LogP contribution in [0.1, 0.15) is 41.4 Å². The van der Waals surface area contributed by atoms with E-state index in [1.807, 2.05) is 21.5 Å². The zero-order chi connectivity index (χ0) is 20.5. The minimum atomic E-state index is 0.0707. The number of pyridine rings is 1. The molecule has 2 aliphatic rings. The summed E-state index contributed by atoms with van der Waals surface area (Å²) in [7, 11) is 0. The molecule has 0 bridgehead atoms. The third-order valence-corrected chi connectivity index (χ3v) is 6.71. The number of aryl methyl sites for hydroxylation is 1. The normalized spacial score (nSPS) is 16.7. The Morgan fingerprint density at radius 3 is 2.80 bits per heavy atom. The summed E-state index contributed by atoms with van der Waals surface area (Å²) in [5, 5.41) is 5.26. The fourth-order valence-corrected chi connectivity index (χ4v) is 5.10. The van der Waals surface area contributed by atoms with Crippen LogP contribution in [-0.4, -0.2) is 67.3 Å². The van der Waals surface area contributed by atoms with Gasteiger partial charge in [0, 0.05) is 37.9 Å². The molecule has 1 aliphatic carbocycles. The van der Waals surface area contributed by atoms with Gasteiger partial charge < -0.3 is 9.80 Å². The van der Waals surface area contributed by atoms with Gasteiger partial charge in [-0.15, -0.1) is 11.8 Å². The molecule has 4 heterocycles. The lowest BCUT2D eigenvalue weighted by Gasteiger charge is -2.37. The van der Waals surface area contributed by atoms with Crippen LogP contribution in [0.2, 0.25) is 0 Å². The van der Waals surface area contributed by atoms with Crippen LogP contribution in [0, 0.1) is 0 Å². The van der Waals surface area contributed by atoms with Crippen molar-refractivity contribution in [3.8, 4) is 0 Å². The van der Waals surface area contributed by atoms with Gasteiger partial charge in [0.1, 0.15) is 17.2 Å². The Hall–Kier alpha value is -2.68. The predicted octanol–water partition coefficient (Wildman–Crippen LogP) is 2.47. The smallest absolute Gasteiger partial charge is 0.256 e. The molecule has 3 aromatic heterocycles. The Balaban J connectivity index is 1.38. The lowest BCUT2D eigenvalue weighted by Crippen LogP contribution is -2.49. The zero-order valence-corrected chi connectivity index (χ0v) is 17.9. The van der Waals surface area contributed by atoms with Crippen molar-refractivity contribution in [2.24, 2.45) is 0 Å². The van der Waals surface area contributed by atoms with E-state index in [0.717, 1.165) is 48.2 Å². The number of nitrogens with zero attached hydrogens (tertiary/aromatic N) is 7. The number of piperazine rings is 1. The Kier molecular flexibility index (Phi) is 5.28. The molecular formula is C21H25N7OS. The topological polar surface area (TPSA) is 79.5 Å². The molecule has 0 atom stereocenters. The molecule has 8 nitrogen and oxygen atoms in total. The van der Waals surface area contributed by atoms with Crippen molar-refractivity contribution in [2.45, 2.75) is 37.6 Å². The average Bonchev–Trinajstić information content (AvgIpc) is 3.26. The molecule has 1 saturated heterocycles. The zero-order valence-electron chi connectivity index (χ0n) is 17.1. The van der Waals surface area contributed by atoms with E-state index < -0.39 is 0 Å². The summed E-state index contributed by atoms with van der Waals surface area (Å²) < 4.78 is 1.87. The maximum atomic E-state index is 13.2. The van der Waals surface area contributed by atoms with Gasteiger partial charge in [-0.3, -0.25) is 4.79 Å². The summed E-state index contributed by atoms with van der Waals surface area (Å²) in [6, 6.07) is 3.73. The molecule has 30 heavy (non-hydrogen) atoms. The first kappa shape index (κ1) is 19.3. The van der Waals surface area contributed by atoms with Gasteiger partial charge in [0.2, 0.25) is 0 Å². The summed E-state index contributed by atoms with van der Waals surface area (Å²) in [5.74, 6) is 2.75. The van der Waals surface area contributed by atoms with Crippen molar-refractivity contribution in [1.82, 2.24) is 29.5 Å². The van der Waals surface area contributed by atoms with E-state index >= 15 is 0 Å². The van der Waals surface area contributed by atoms with E-state index in [1.165, 1.54) is 18.4 Å². The summed E-state index contributed by atoms with van der Waals surface area (Å²) in [6.45, 7) is 4.97. The van der Waals surface area contributed by atoms with Gasteiger partial charge in [0.05, 0.1) is 11.3 Å². The fraction of sp³-hybridized carbons (Fsp3) is 0.476. The van der Waals surface area contributed by atoms with Crippen molar-refractivity contribution in [1.29, 1.82) is 0 Å². The van der Waals surface area contributed by atoms with Gasteiger partial charge in [-0.05, 0) is 43.6 Å². The molecule has 3 aromatic rings. The lowest BCUT2D eigenvalue weighted by atomic mass is 9.96. The molecule has 1 fully saturated rings. The number of rotatable bonds is 4. The van der Waals surface area contributed by atoms with Crippen LogP contribution in [0.15, 0.2) is 29.7 Å². The average molecular weight is 424 g/mol. The summed E-state index contributed by atoms with van der Waals surface area (Å²) in [5.41, 5.74) is 3.16. The molecule has 1 aliphatic heterocycles. The molecule has 0 N–H and O–H groups in total. The van der Waals surface area contributed by atoms with Crippen molar-refractivity contribution in [3.63, 3.8) is 0 Å². The van der Waals surface area contributed by atoms with Crippen LogP contribution < -0.4 is 4.90 Å². The maximum Gasteiger partial charge on any atom is 0.256 e. The Bertz CT molecular complexity index is 1070. The molecule has 0 unspecified atom stereocenters. The summed E-state index contributed by atoms with van der Waals surface area (Å²) >= 11 is 1.61. The Labute approximate surface area is 179 Å². The number of aromatic nitrogens is 5. The molecule has 1 amide bonds. The first-order chi connectivity index (χ1) is 14.8. The standard InChI is InChI=1S/C21H25N7OS/c1-2-30-18-16(7-5-9-22-18)20(29)27-12-10-26(11-13-27)19-15-6-3-4-8-17(15)25-21-23-14-24-28(19)21/h5,7,9,14H,2-4,6,8,10-13H2,1H3. The van der Waals surface area contributed by atoms with E-state index in [0.29, 0.717) is 24.4 Å². The number of carbonyl (C=O) groups excluding carboxylic acids is 1. The number of hydrogen-bond donors (Lipinski definition) is 0. The SMILES string of the molecule is CCSc1ncccc1C(=O)N1CCN(c2c3c(nc4ncnn24)CCCC3)CC1. The van der Waals surface area contributed by atoms with Crippen LogP contribution in [0.4, 0.5) is 5.82 Å². The Morgan fingerprint density at radius 2 is 1.97 bits per heavy atom. The minimum Gasteiger partial charge on any atom is -0.353 e. The Morgan fingerprint density at radius 1 is 1.13 bits per heavy atom. The highest BCUT2D eigenvalue weighted by molar-refractivity contribution is 7.99. The van der Waals surface area contributed by atoms with E-state index in [1.54, 1.807) is 24.3 Å². The highest BCUT2D eigenvalue weighted by Crippen LogP contribution is 2.30. The van der Waals surface area contributed by atoms with Crippen LogP contribution in [0.25, 0.3) is 5.78 Å². The summed E-state index contributed by atoms with van der Waals surface area (Å²) in [4.78, 5) is 30.9. The van der Waals surface area contributed by atoms with E-state index in [9.17, 15) is 4.79 Å². The van der Waals surface area contributed by atoms with E-state index in [4.69, 9.17) is 4.98 Å². The highest BCUT2D eigenvalue weighted by Gasteiger charge is 2.29. The second-order valence-corrected chi connectivity index (χ2v) is 8.86. The molecule has 0 saturated carbocycles. The third-order valence-electron chi connectivity index (χ3n) is 5.82. The van der Waals surface area contributed by atoms with Gasteiger partial charge in [-0.2, -0.15) is 14.6 Å². The van der Waals surface area contributed by atoms with Crippen LogP contribution >= 0.6 is 11.8 Å². The number of anilines is 1. The molecule has 0 spiro atoms. The summed E-state index contributed by atoms with van der Waals surface area (Å²) in [6.07, 6.45) is 7.71. The first-order valence-electron chi connectivity index (χ1n) is 10.6. The second-order valence-electron chi connectivity index (χ2n) is 7.61. The minimum absolute atomic E-state index is 0.0707. The van der Waals surface area contributed by atoms with Crippen LogP contribution in [-0.2, 0) is 12.8 Å². The number of thioether (sulfide) groups is 1. The second kappa shape index (κ2) is 8.22. The predicted molar refractivity (Wildman–Crippen MR) is 116 cm³/mol. The fourth-order valence-electron chi connectivity index (χ4n) is 4.39. The number of hydrogen-bond acceptors (Lipinski definition) is 7. The third kappa shape index (κ3) is 3.40. The highest BCUT2D eigenvalue weighted by atomic mass is 32.2.